The van der Waals surface area contributed by atoms with Gasteiger partial charge in [-0.05, 0) is 24.2 Å². The zero-order chi connectivity index (χ0) is 12.5. The second kappa shape index (κ2) is 4.64. The second-order valence-corrected chi connectivity index (χ2v) is 4.03. The molecule has 0 bridgehead atoms. The summed E-state index contributed by atoms with van der Waals surface area (Å²) in [6.07, 6.45) is -4.30. The molecule has 0 aliphatic carbocycles. The first-order valence-corrected chi connectivity index (χ1v) is 5.34. The number of benzene rings is 1. The summed E-state index contributed by atoms with van der Waals surface area (Å²) in [5, 5.41) is 4.53. The maximum atomic E-state index is 12.4. The highest BCUT2D eigenvalue weighted by atomic mass is 19.4. The summed E-state index contributed by atoms with van der Waals surface area (Å²) in [5.41, 5.74) is 0.0850. The van der Waals surface area contributed by atoms with E-state index in [1.807, 2.05) is 0 Å². The highest BCUT2D eigenvalue weighted by Gasteiger charge is 2.30. The number of alkyl halides is 3. The standard InChI is InChI=1S/C11H13F3N3/c12-11(13,14)9-3-1-8(2-4-9)10-7-16-5-6-17(10)15/h1-4,10,15-16H,5-7H2/q-1. The Hall–Kier alpha value is -1.11. The highest BCUT2D eigenvalue weighted by molar-refractivity contribution is 5.27. The van der Waals surface area contributed by atoms with Crippen LogP contribution < -0.4 is 5.32 Å². The molecule has 1 heterocycles. The van der Waals surface area contributed by atoms with Crippen LogP contribution in [-0.4, -0.2) is 24.6 Å². The smallest absolute Gasteiger partial charge is 0.416 e. The monoisotopic (exact) mass is 244 g/mol. The van der Waals surface area contributed by atoms with Crippen molar-refractivity contribution in [2.75, 3.05) is 19.6 Å². The Morgan fingerprint density at radius 3 is 2.41 bits per heavy atom. The van der Waals surface area contributed by atoms with Crippen LogP contribution in [0.15, 0.2) is 24.3 Å². The van der Waals surface area contributed by atoms with E-state index in [-0.39, 0.29) is 6.04 Å². The lowest BCUT2D eigenvalue weighted by molar-refractivity contribution is -0.137. The lowest BCUT2D eigenvalue weighted by Crippen LogP contribution is -2.42. The summed E-state index contributed by atoms with van der Waals surface area (Å²) in [6, 6.07) is 4.85. The molecule has 2 N–H and O–H groups in total. The number of hydrogen-bond donors (Lipinski definition) is 1. The van der Waals surface area contributed by atoms with Crippen LogP contribution in [0.1, 0.15) is 17.2 Å². The molecule has 0 spiro atoms. The largest absolute Gasteiger partial charge is 0.609 e. The molecule has 0 radical (unpaired) electrons. The van der Waals surface area contributed by atoms with E-state index in [1.165, 1.54) is 17.1 Å². The number of halogens is 3. The fourth-order valence-corrected chi connectivity index (χ4v) is 1.90. The van der Waals surface area contributed by atoms with E-state index in [9.17, 15) is 13.2 Å². The molecule has 1 atom stereocenters. The van der Waals surface area contributed by atoms with Crippen molar-refractivity contribution < 1.29 is 13.2 Å². The Labute approximate surface area is 97.4 Å². The lowest BCUT2D eigenvalue weighted by Gasteiger charge is -2.40. The van der Waals surface area contributed by atoms with Crippen LogP contribution in [0.5, 0.6) is 0 Å². The van der Waals surface area contributed by atoms with Gasteiger partial charge in [-0.2, -0.15) is 13.2 Å². The number of nitrogens with one attached hydrogen (secondary N) is 2. The molecular weight excluding hydrogens is 231 g/mol. The van der Waals surface area contributed by atoms with Gasteiger partial charge in [-0.25, -0.2) is 0 Å². The van der Waals surface area contributed by atoms with Crippen LogP contribution in [0.3, 0.4) is 0 Å². The summed E-state index contributed by atoms with van der Waals surface area (Å²) in [6.45, 7) is 1.90. The van der Waals surface area contributed by atoms with Gasteiger partial charge in [0.2, 0.25) is 0 Å². The van der Waals surface area contributed by atoms with Crippen LogP contribution >= 0.6 is 0 Å². The average Bonchev–Trinajstić information content (AvgIpc) is 2.29. The van der Waals surface area contributed by atoms with Gasteiger partial charge in [-0.3, -0.25) is 0 Å². The highest BCUT2D eigenvalue weighted by Crippen LogP contribution is 2.31. The topological polar surface area (TPSA) is 39.1 Å². The molecule has 1 aromatic carbocycles. The minimum atomic E-state index is -4.30. The normalized spacial score (nSPS) is 22.7. The van der Waals surface area contributed by atoms with Crippen molar-refractivity contribution in [1.82, 2.24) is 10.3 Å². The molecule has 2 rings (SSSR count). The molecule has 1 aliphatic heterocycles. The van der Waals surface area contributed by atoms with Gasteiger partial charge in [0, 0.05) is 19.1 Å². The van der Waals surface area contributed by atoms with Crippen LogP contribution in [0.4, 0.5) is 13.2 Å². The molecule has 94 valence electrons. The summed E-state index contributed by atoms with van der Waals surface area (Å²) >= 11 is 0. The van der Waals surface area contributed by atoms with E-state index in [0.29, 0.717) is 13.1 Å². The van der Waals surface area contributed by atoms with E-state index in [0.717, 1.165) is 24.2 Å². The third kappa shape index (κ3) is 2.77. The third-order valence-corrected chi connectivity index (χ3v) is 2.87. The molecule has 1 fully saturated rings. The molecule has 6 heteroatoms. The minimum absolute atomic E-state index is 0.175. The van der Waals surface area contributed by atoms with Gasteiger partial charge >= 0.3 is 6.18 Å². The zero-order valence-corrected chi connectivity index (χ0v) is 9.09. The predicted molar refractivity (Wildman–Crippen MR) is 58.1 cm³/mol. The molecule has 1 aromatic rings. The first-order chi connectivity index (χ1) is 7.98. The maximum absolute atomic E-state index is 12.4. The Bertz CT molecular complexity index is 375. The quantitative estimate of drug-likeness (QED) is 0.824. The molecule has 0 aromatic heterocycles. The summed E-state index contributed by atoms with van der Waals surface area (Å²) in [7, 11) is 0. The van der Waals surface area contributed by atoms with Crippen LogP contribution in [0.25, 0.3) is 5.84 Å². The van der Waals surface area contributed by atoms with Gasteiger partial charge in [-0.15, -0.1) is 0 Å². The molecule has 0 amide bonds. The number of hydrogen-bond acceptors (Lipinski definition) is 2. The Balaban J connectivity index is 2.17. The summed E-state index contributed by atoms with van der Waals surface area (Å²) < 4.78 is 37.1. The maximum Gasteiger partial charge on any atom is 0.416 e. The first kappa shape index (κ1) is 12.3. The Kier molecular flexibility index (Phi) is 3.37. The summed E-state index contributed by atoms with van der Waals surface area (Å²) in [4.78, 5) is 0. The SMILES string of the molecule is [NH-]N1CCNCC1c1ccc(C(F)(F)F)cc1. The van der Waals surface area contributed by atoms with E-state index in [2.05, 4.69) is 5.32 Å². The van der Waals surface area contributed by atoms with Gasteiger partial charge < -0.3 is 16.2 Å². The average molecular weight is 244 g/mol. The predicted octanol–water partition coefficient (Wildman–Crippen LogP) is 2.62. The molecular formula is C11H13F3N3-. The Morgan fingerprint density at radius 2 is 1.88 bits per heavy atom. The van der Waals surface area contributed by atoms with Crippen molar-refractivity contribution in [2.24, 2.45) is 0 Å². The lowest BCUT2D eigenvalue weighted by atomic mass is 10.0. The molecule has 1 saturated heterocycles. The Morgan fingerprint density at radius 1 is 1.24 bits per heavy atom. The molecule has 3 nitrogen and oxygen atoms in total. The van der Waals surface area contributed by atoms with Crippen molar-refractivity contribution >= 4 is 0 Å². The van der Waals surface area contributed by atoms with Crippen LogP contribution in [0.2, 0.25) is 0 Å². The number of piperazine rings is 1. The van der Waals surface area contributed by atoms with E-state index in [4.69, 9.17) is 5.84 Å². The first-order valence-electron chi connectivity index (χ1n) is 5.34. The van der Waals surface area contributed by atoms with Crippen molar-refractivity contribution in [1.29, 1.82) is 0 Å². The zero-order valence-electron chi connectivity index (χ0n) is 9.09. The van der Waals surface area contributed by atoms with Crippen LogP contribution in [0, 0.1) is 0 Å². The fourth-order valence-electron chi connectivity index (χ4n) is 1.90. The van der Waals surface area contributed by atoms with Crippen molar-refractivity contribution in [3.63, 3.8) is 0 Å². The minimum Gasteiger partial charge on any atom is -0.609 e. The molecule has 1 aliphatic rings. The van der Waals surface area contributed by atoms with E-state index < -0.39 is 11.7 Å². The van der Waals surface area contributed by atoms with Gasteiger partial charge in [0.05, 0.1) is 5.56 Å². The molecule has 1 unspecified atom stereocenters. The van der Waals surface area contributed by atoms with Gasteiger partial charge in [0.25, 0.3) is 0 Å². The third-order valence-electron chi connectivity index (χ3n) is 2.87. The second-order valence-electron chi connectivity index (χ2n) is 4.03. The van der Waals surface area contributed by atoms with Gasteiger partial charge in [0.1, 0.15) is 0 Å². The van der Waals surface area contributed by atoms with E-state index in [1.54, 1.807) is 0 Å². The molecule has 17 heavy (non-hydrogen) atoms. The fraction of sp³-hybridized carbons (Fsp3) is 0.455. The van der Waals surface area contributed by atoms with Crippen molar-refractivity contribution in [3.05, 3.63) is 41.2 Å². The van der Waals surface area contributed by atoms with Crippen molar-refractivity contribution in [2.45, 2.75) is 12.2 Å². The van der Waals surface area contributed by atoms with Gasteiger partial charge in [0.15, 0.2) is 0 Å². The van der Waals surface area contributed by atoms with Crippen LogP contribution in [-0.2, 0) is 6.18 Å². The number of nitrogens with zero attached hydrogens (tertiary/aromatic N) is 1. The molecule has 0 saturated carbocycles. The summed E-state index contributed by atoms with van der Waals surface area (Å²) in [5.74, 6) is 7.71. The van der Waals surface area contributed by atoms with E-state index >= 15 is 0 Å². The van der Waals surface area contributed by atoms with Gasteiger partial charge in [-0.1, -0.05) is 12.1 Å². The number of rotatable bonds is 1. The van der Waals surface area contributed by atoms with Crippen molar-refractivity contribution in [3.8, 4) is 0 Å².